The van der Waals surface area contributed by atoms with E-state index in [1.54, 1.807) is 18.2 Å². The number of nitrogens with one attached hydrogen (secondary N) is 1. The molecule has 4 heteroatoms. The van der Waals surface area contributed by atoms with Crippen molar-refractivity contribution in [2.24, 2.45) is 0 Å². The van der Waals surface area contributed by atoms with Gasteiger partial charge in [0.15, 0.2) is 0 Å². The molecule has 1 N–H and O–H groups in total. The highest BCUT2D eigenvalue weighted by atomic mass is 35.5. The minimum absolute atomic E-state index is 0.150. The molecule has 1 atom stereocenters. The second-order valence-electron chi connectivity index (χ2n) is 4.37. The molecule has 1 nitrogen and oxygen atoms in total. The van der Waals surface area contributed by atoms with Crippen LogP contribution in [-0.4, -0.2) is 7.05 Å². The molecule has 2 aromatic carbocycles. The lowest BCUT2D eigenvalue weighted by Crippen LogP contribution is -2.12. The highest BCUT2D eigenvalue weighted by Crippen LogP contribution is 2.31. The molecule has 1 unspecified atom stereocenters. The van der Waals surface area contributed by atoms with Gasteiger partial charge >= 0.3 is 0 Å². The third kappa shape index (κ3) is 3.08. The van der Waals surface area contributed by atoms with Crippen LogP contribution in [0.25, 0.3) is 11.1 Å². The quantitative estimate of drug-likeness (QED) is 0.833. The Morgan fingerprint density at radius 2 is 1.84 bits per heavy atom. The predicted molar refractivity (Wildman–Crippen MR) is 79.3 cm³/mol. The Hall–Kier alpha value is -1.09. The molecule has 0 saturated carbocycles. The lowest BCUT2D eigenvalue weighted by molar-refractivity contribution is 0.631. The van der Waals surface area contributed by atoms with Crippen molar-refractivity contribution in [3.8, 4) is 11.1 Å². The molecule has 19 heavy (non-hydrogen) atoms. The van der Waals surface area contributed by atoms with Gasteiger partial charge in [-0.1, -0.05) is 35.3 Å². The van der Waals surface area contributed by atoms with Crippen LogP contribution in [0.4, 0.5) is 4.39 Å². The van der Waals surface area contributed by atoms with Crippen molar-refractivity contribution in [1.29, 1.82) is 0 Å². The zero-order valence-electron chi connectivity index (χ0n) is 10.7. The third-order valence-electron chi connectivity index (χ3n) is 3.14. The van der Waals surface area contributed by atoms with Crippen LogP contribution in [0.5, 0.6) is 0 Å². The van der Waals surface area contributed by atoms with E-state index in [-0.39, 0.29) is 11.9 Å². The molecular weight excluding hydrogens is 284 g/mol. The van der Waals surface area contributed by atoms with Crippen molar-refractivity contribution in [2.45, 2.75) is 13.0 Å². The molecule has 0 saturated heterocycles. The maximum Gasteiger partial charge on any atom is 0.132 e. The van der Waals surface area contributed by atoms with E-state index in [1.165, 1.54) is 6.07 Å². The van der Waals surface area contributed by atoms with Gasteiger partial charge in [-0.15, -0.1) is 0 Å². The van der Waals surface area contributed by atoms with E-state index in [9.17, 15) is 4.39 Å². The second-order valence-corrected chi connectivity index (χ2v) is 5.21. The van der Waals surface area contributed by atoms with Crippen LogP contribution in [0.15, 0.2) is 36.4 Å². The van der Waals surface area contributed by atoms with Gasteiger partial charge in [0.05, 0.1) is 0 Å². The minimum atomic E-state index is -0.349. The summed E-state index contributed by atoms with van der Waals surface area (Å²) >= 11 is 12.0. The highest BCUT2D eigenvalue weighted by molar-refractivity contribution is 6.32. The van der Waals surface area contributed by atoms with Crippen molar-refractivity contribution < 1.29 is 4.39 Å². The van der Waals surface area contributed by atoms with Crippen LogP contribution >= 0.6 is 23.2 Å². The number of halogens is 3. The fraction of sp³-hybridized carbons (Fsp3) is 0.200. The first kappa shape index (κ1) is 14.3. The van der Waals surface area contributed by atoms with Crippen molar-refractivity contribution in [3.63, 3.8) is 0 Å². The van der Waals surface area contributed by atoms with Gasteiger partial charge < -0.3 is 5.32 Å². The average Bonchev–Trinajstić information content (AvgIpc) is 2.37. The van der Waals surface area contributed by atoms with E-state index >= 15 is 0 Å². The van der Waals surface area contributed by atoms with Crippen LogP contribution in [0.1, 0.15) is 18.5 Å². The van der Waals surface area contributed by atoms with Gasteiger partial charge in [-0.25, -0.2) is 4.39 Å². The summed E-state index contributed by atoms with van der Waals surface area (Å²) in [7, 11) is 1.87. The number of hydrogen-bond donors (Lipinski definition) is 1. The molecule has 2 rings (SSSR count). The monoisotopic (exact) mass is 297 g/mol. The Bertz CT molecular complexity index is 599. The molecule has 100 valence electrons. The van der Waals surface area contributed by atoms with E-state index in [4.69, 9.17) is 23.2 Å². The van der Waals surface area contributed by atoms with Gasteiger partial charge in [0.2, 0.25) is 0 Å². The molecule has 0 fully saturated rings. The maximum absolute atomic E-state index is 13.9. The lowest BCUT2D eigenvalue weighted by Gasteiger charge is -2.14. The first-order valence-electron chi connectivity index (χ1n) is 5.95. The SMILES string of the molecule is CNC(C)c1ccc(-c2ccc(Cl)cc2F)cc1Cl. The molecule has 0 heterocycles. The molecule has 0 spiro atoms. The smallest absolute Gasteiger partial charge is 0.132 e. The molecule has 0 amide bonds. The fourth-order valence-electron chi connectivity index (χ4n) is 1.92. The molecule has 0 aliphatic heterocycles. The van der Waals surface area contributed by atoms with E-state index in [0.29, 0.717) is 15.6 Å². The van der Waals surface area contributed by atoms with Crippen molar-refractivity contribution in [1.82, 2.24) is 5.32 Å². The molecular formula is C15H14Cl2FN. The van der Waals surface area contributed by atoms with Gasteiger partial charge in [0, 0.05) is 21.7 Å². The Labute approximate surface area is 122 Å². The van der Waals surface area contributed by atoms with Crippen LogP contribution < -0.4 is 5.32 Å². The van der Waals surface area contributed by atoms with Crippen molar-refractivity contribution in [3.05, 3.63) is 57.8 Å². The Morgan fingerprint density at radius 3 is 2.42 bits per heavy atom. The van der Waals surface area contributed by atoms with Gasteiger partial charge in [-0.05, 0) is 49.4 Å². The summed E-state index contributed by atoms with van der Waals surface area (Å²) in [5, 5.41) is 4.13. The number of rotatable bonds is 3. The molecule has 0 aromatic heterocycles. The van der Waals surface area contributed by atoms with Gasteiger partial charge in [-0.3, -0.25) is 0 Å². The topological polar surface area (TPSA) is 12.0 Å². The highest BCUT2D eigenvalue weighted by Gasteiger charge is 2.11. The molecule has 0 radical (unpaired) electrons. The Balaban J connectivity index is 2.44. The van der Waals surface area contributed by atoms with Gasteiger partial charge in [0.1, 0.15) is 5.82 Å². The molecule has 0 aliphatic rings. The standard InChI is InChI=1S/C15H14Cl2FN/c1-9(19-2)12-5-3-10(7-14(12)17)13-6-4-11(16)8-15(13)18/h3-9,19H,1-2H3. The van der Waals surface area contributed by atoms with Crippen LogP contribution in [0, 0.1) is 5.82 Å². The summed E-state index contributed by atoms with van der Waals surface area (Å²) in [6.45, 7) is 2.02. The van der Waals surface area contributed by atoms with Crippen molar-refractivity contribution >= 4 is 23.2 Å². The zero-order valence-corrected chi connectivity index (χ0v) is 12.2. The van der Waals surface area contributed by atoms with Crippen molar-refractivity contribution in [2.75, 3.05) is 7.05 Å². The number of benzene rings is 2. The summed E-state index contributed by atoms with van der Waals surface area (Å²) in [4.78, 5) is 0. The fourth-order valence-corrected chi connectivity index (χ4v) is 2.43. The Morgan fingerprint density at radius 1 is 1.11 bits per heavy atom. The third-order valence-corrected chi connectivity index (χ3v) is 3.70. The summed E-state index contributed by atoms with van der Waals surface area (Å²) in [6, 6.07) is 10.3. The normalized spacial score (nSPS) is 12.5. The van der Waals surface area contributed by atoms with E-state index in [0.717, 1.165) is 11.1 Å². The largest absolute Gasteiger partial charge is 0.313 e. The maximum atomic E-state index is 13.9. The lowest BCUT2D eigenvalue weighted by atomic mass is 10.0. The van der Waals surface area contributed by atoms with Gasteiger partial charge in [0.25, 0.3) is 0 Å². The zero-order chi connectivity index (χ0) is 14.0. The number of hydrogen-bond acceptors (Lipinski definition) is 1. The predicted octanol–water partition coefficient (Wildman–Crippen LogP) is 5.08. The average molecular weight is 298 g/mol. The van der Waals surface area contributed by atoms with E-state index < -0.39 is 0 Å². The minimum Gasteiger partial charge on any atom is -0.313 e. The van der Waals surface area contributed by atoms with Gasteiger partial charge in [-0.2, -0.15) is 0 Å². The first-order valence-corrected chi connectivity index (χ1v) is 6.70. The van der Waals surface area contributed by atoms with Crippen LogP contribution in [-0.2, 0) is 0 Å². The first-order chi connectivity index (χ1) is 9.02. The van der Waals surface area contributed by atoms with E-state index in [1.807, 2.05) is 26.1 Å². The summed E-state index contributed by atoms with van der Waals surface area (Å²) in [6.07, 6.45) is 0. The summed E-state index contributed by atoms with van der Waals surface area (Å²) in [5.74, 6) is -0.349. The molecule has 0 bridgehead atoms. The second kappa shape index (κ2) is 5.91. The molecule has 2 aromatic rings. The van der Waals surface area contributed by atoms with E-state index in [2.05, 4.69) is 5.32 Å². The Kier molecular flexibility index (Phi) is 4.46. The van der Waals surface area contributed by atoms with Crippen LogP contribution in [0.2, 0.25) is 10.0 Å². The van der Waals surface area contributed by atoms with Crippen LogP contribution in [0.3, 0.4) is 0 Å². The molecule has 0 aliphatic carbocycles. The summed E-state index contributed by atoms with van der Waals surface area (Å²) < 4.78 is 13.9. The summed E-state index contributed by atoms with van der Waals surface area (Å²) in [5.41, 5.74) is 2.23.